The zero-order valence-corrected chi connectivity index (χ0v) is 15.4. The highest BCUT2D eigenvalue weighted by atomic mass is 35.5. The maximum absolute atomic E-state index is 13.1. The predicted molar refractivity (Wildman–Crippen MR) is 102 cm³/mol. The average molecular weight is 381 g/mol. The van der Waals surface area contributed by atoms with E-state index < -0.39 is 5.82 Å². The van der Waals surface area contributed by atoms with Crippen LogP contribution in [0.1, 0.15) is 11.1 Å². The van der Waals surface area contributed by atoms with Gasteiger partial charge in [0.05, 0.1) is 16.5 Å². The first-order chi connectivity index (χ1) is 11.8. The molecule has 0 radical (unpaired) electrons. The molecule has 0 saturated carbocycles. The van der Waals surface area contributed by atoms with E-state index in [4.69, 9.17) is 11.6 Å². The first kappa shape index (κ1) is 19.3. The molecular formula is C18H18ClFN2O2S. The molecule has 0 bridgehead atoms. The van der Waals surface area contributed by atoms with E-state index >= 15 is 0 Å². The molecule has 2 rings (SSSR count). The molecule has 0 unspecified atom stereocenters. The lowest BCUT2D eigenvalue weighted by atomic mass is 10.1. The average Bonchev–Trinajstić information content (AvgIpc) is 2.54. The normalized spacial score (nSPS) is 10.4. The molecule has 7 heteroatoms. The van der Waals surface area contributed by atoms with Crippen LogP contribution in [-0.2, 0) is 9.59 Å². The second-order valence-electron chi connectivity index (χ2n) is 5.52. The Morgan fingerprint density at radius 3 is 2.08 bits per heavy atom. The van der Waals surface area contributed by atoms with Gasteiger partial charge in [-0.25, -0.2) is 4.39 Å². The van der Waals surface area contributed by atoms with E-state index in [2.05, 4.69) is 10.6 Å². The number of benzene rings is 2. The molecule has 25 heavy (non-hydrogen) atoms. The highest BCUT2D eigenvalue weighted by molar-refractivity contribution is 8.00. The fourth-order valence-electron chi connectivity index (χ4n) is 2.02. The van der Waals surface area contributed by atoms with E-state index in [9.17, 15) is 14.0 Å². The molecule has 132 valence electrons. The first-order valence-corrected chi connectivity index (χ1v) is 9.08. The van der Waals surface area contributed by atoms with Gasteiger partial charge in [-0.2, -0.15) is 0 Å². The zero-order valence-electron chi connectivity index (χ0n) is 13.9. The Balaban J connectivity index is 1.75. The third-order valence-corrected chi connectivity index (χ3v) is 4.68. The monoisotopic (exact) mass is 380 g/mol. The summed E-state index contributed by atoms with van der Waals surface area (Å²) in [6, 6.07) is 9.64. The summed E-state index contributed by atoms with van der Waals surface area (Å²) in [5, 5.41) is 5.34. The van der Waals surface area contributed by atoms with E-state index in [-0.39, 0.29) is 28.3 Å². The van der Waals surface area contributed by atoms with Gasteiger partial charge in [0.2, 0.25) is 11.8 Å². The van der Waals surface area contributed by atoms with Crippen LogP contribution in [0.25, 0.3) is 0 Å². The summed E-state index contributed by atoms with van der Waals surface area (Å²) < 4.78 is 13.1. The van der Waals surface area contributed by atoms with Crippen LogP contribution in [-0.4, -0.2) is 23.3 Å². The number of carbonyl (C=O) groups is 2. The number of halogens is 2. The summed E-state index contributed by atoms with van der Waals surface area (Å²) in [7, 11) is 0. The zero-order chi connectivity index (χ0) is 18.4. The number of anilines is 2. The number of amides is 2. The Kier molecular flexibility index (Phi) is 6.84. The number of hydrogen-bond acceptors (Lipinski definition) is 3. The van der Waals surface area contributed by atoms with Gasteiger partial charge in [0.15, 0.2) is 0 Å². The lowest BCUT2D eigenvalue weighted by Crippen LogP contribution is -2.18. The van der Waals surface area contributed by atoms with Crippen molar-refractivity contribution in [2.75, 3.05) is 22.1 Å². The van der Waals surface area contributed by atoms with Crippen molar-refractivity contribution >= 4 is 46.6 Å². The summed E-state index contributed by atoms with van der Waals surface area (Å²) in [5.74, 6) is -0.741. The van der Waals surface area contributed by atoms with Crippen LogP contribution in [0.15, 0.2) is 36.4 Å². The molecule has 2 amide bonds. The van der Waals surface area contributed by atoms with Gasteiger partial charge in [-0.1, -0.05) is 17.7 Å². The summed E-state index contributed by atoms with van der Waals surface area (Å²) in [5.41, 5.74) is 3.41. The highest BCUT2D eigenvalue weighted by Crippen LogP contribution is 2.19. The summed E-state index contributed by atoms with van der Waals surface area (Å²) >= 11 is 6.85. The van der Waals surface area contributed by atoms with Gasteiger partial charge < -0.3 is 10.6 Å². The Hall–Kier alpha value is -2.05. The van der Waals surface area contributed by atoms with Crippen LogP contribution >= 0.6 is 23.4 Å². The van der Waals surface area contributed by atoms with Crippen LogP contribution < -0.4 is 10.6 Å². The maximum Gasteiger partial charge on any atom is 0.234 e. The topological polar surface area (TPSA) is 58.2 Å². The molecule has 0 aliphatic rings. The van der Waals surface area contributed by atoms with Gasteiger partial charge in [-0.05, 0) is 55.3 Å². The number of carbonyl (C=O) groups excluding carboxylic acids is 2. The number of nitrogens with one attached hydrogen (secondary N) is 2. The predicted octanol–water partition coefficient (Wildman–Crippen LogP) is 4.41. The maximum atomic E-state index is 13.1. The summed E-state index contributed by atoms with van der Waals surface area (Å²) in [4.78, 5) is 23.7. The number of thioether (sulfide) groups is 1. The Morgan fingerprint density at radius 2 is 1.52 bits per heavy atom. The lowest BCUT2D eigenvalue weighted by Gasteiger charge is -2.08. The van der Waals surface area contributed by atoms with Gasteiger partial charge in [-0.3, -0.25) is 9.59 Å². The highest BCUT2D eigenvalue weighted by Gasteiger charge is 2.08. The van der Waals surface area contributed by atoms with Crippen molar-refractivity contribution in [3.05, 3.63) is 58.4 Å². The fourth-order valence-corrected chi connectivity index (χ4v) is 2.82. The minimum Gasteiger partial charge on any atom is -0.325 e. The second-order valence-corrected chi connectivity index (χ2v) is 6.91. The van der Waals surface area contributed by atoms with E-state index in [1.54, 1.807) is 0 Å². The molecule has 0 spiro atoms. The van der Waals surface area contributed by atoms with Crippen LogP contribution in [0.5, 0.6) is 0 Å². The van der Waals surface area contributed by atoms with Crippen LogP contribution in [0.4, 0.5) is 15.8 Å². The molecule has 2 aromatic rings. The van der Waals surface area contributed by atoms with Crippen molar-refractivity contribution < 1.29 is 14.0 Å². The first-order valence-electron chi connectivity index (χ1n) is 7.55. The van der Waals surface area contributed by atoms with E-state index in [0.29, 0.717) is 5.69 Å². The Labute approximate surface area is 155 Å². The van der Waals surface area contributed by atoms with E-state index in [1.165, 1.54) is 30.0 Å². The molecular weight excluding hydrogens is 363 g/mol. The van der Waals surface area contributed by atoms with Gasteiger partial charge in [0.1, 0.15) is 5.82 Å². The molecule has 0 aliphatic carbocycles. The van der Waals surface area contributed by atoms with Gasteiger partial charge in [-0.15, -0.1) is 11.8 Å². The molecule has 4 nitrogen and oxygen atoms in total. The molecule has 0 heterocycles. The molecule has 0 fully saturated rings. The standard InChI is InChI=1S/C18H18ClFN2O2S/c1-11-3-4-13(7-12(11)2)21-17(23)9-25-10-18(24)22-14-5-6-16(20)15(19)8-14/h3-8H,9-10H2,1-2H3,(H,21,23)(H,22,24). The second kappa shape index (κ2) is 8.87. The van der Waals surface area contributed by atoms with Crippen LogP contribution in [0.3, 0.4) is 0 Å². The Bertz CT molecular complexity index is 733. The van der Waals surface area contributed by atoms with Crippen molar-refractivity contribution in [3.63, 3.8) is 0 Å². The molecule has 2 N–H and O–H groups in total. The van der Waals surface area contributed by atoms with Gasteiger partial charge >= 0.3 is 0 Å². The van der Waals surface area contributed by atoms with Crippen molar-refractivity contribution in [2.24, 2.45) is 0 Å². The van der Waals surface area contributed by atoms with Crippen molar-refractivity contribution in [3.8, 4) is 0 Å². The minimum atomic E-state index is -0.544. The third-order valence-electron chi connectivity index (χ3n) is 3.46. The molecule has 0 aliphatic heterocycles. The molecule has 0 atom stereocenters. The summed E-state index contributed by atoms with van der Waals surface area (Å²) in [6.45, 7) is 3.98. The number of rotatable bonds is 6. The minimum absolute atomic E-state index is 0.0572. The number of aryl methyl sites for hydroxylation is 2. The lowest BCUT2D eigenvalue weighted by molar-refractivity contribution is -0.114. The smallest absolute Gasteiger partial charge is 0.234 e. The summed E-state index contributed by atoms with van der Waals surface area (Å²) in [6.07, 6.45) is 0. The van der Waals surface area contributed by atoms with E-state index in [0.717, 1.165) is 16.8 Å². The SMILES string of the molecule is Cc1ccc(NC(=O)CSCC(=O)Nc2ccc(F)c(Cl)c2)cc1C. The van der Waals surface area contributed by atoms with Gasteiger partial charge in [0.25, 0.3) is 0 Å². The fraction of sp³-hybridized carbons (Fsp3) is 0.222. The van der Waals surface area contributed by atoms with Crippen LogP contribution in [0, 0.1) is 19.7 Å². The molecule has 0 aromatic heterocycles. The quantitative estimate of drug-likeness (QED) is 0.780. The van der Waals surface area contributed by atoms with Crippen LogP contribution in [0.2, 0.25) is 5.02 Å². The van der Waals surface area contributed by atoms with E-state index in [1.807, 2.05) is 32.0 Å². The third kappa shape index (κ3) is 6.07. The van der Waals surface area contributed by atoms with Crippen molar-refractivity contribution in [2.45, 2.75) is 13.8 Å². The van der Waals surface area contributed by atoms with Crippen molar-refractivity contribution in [1.29, 1.82) is 0 Å². The number of hydrogen-bond donors (Lipinski definition) is 2. The Morgan fingerprint density at radius 1 is 0.960 bits per heavy atom. The molecule has 2 aromatic carbocycles. The van der Waals surface area contributed by atoms with Crippen molar-refractivity contribution in [1.82, 2.24) is 0 Å². The van der Waals surface area contributed by atoms with Gasteiger partial charge in [0, 0.05) is 11.4 Å². The molecule has 0 saturated heterocycles. The largest absolute Gasteiger partial charge is 0.325 e.